The molecule has 2 rings (SSSR count). The van der Waals surface area contributed by atoms with Gasteiger partial charge in [0.05, 0.1) is 12.0 Å². The molecule has 1 unspecified atom stereocenters. The zero-order valence-corrected chi connectivity index (χ0v) is 20.7. The predicted octanol–water partition coefficient (Wildman–Crippen LogP) is 4.62. The van der Waals surface area contributed by atoms with E-state index in [1.54, 1.807) is 25.1 Å². The van der Waals surface area contributed by atoms with Crippen LogP contribution in [0.2, 0.25) is 10.0 Å². The van der Waals surface area contributed by atoms with Gasteiger partial charge in [0.15, 0.2) is 6.61 Å². The van der Waals surface area contributed by atoms with Gasteiger partial charge < -0.3 is 19.7 Å². The number of hydrogen-bond donors (Lipinski definition) is 1. The summed E-state index contributed by atoms with van der Waals surface area (Å²) in [4.78, 5) is 37.6. The molecule has 0 aliphatic carbocycles. The molecule has 34 heavy (non-hydrogen) atoms. The van der Waals surface area contributed by atoms with E-state index in [1.165, 1.54) is 30.2 Å². The molecule has 0 fully saturated rings. The molecule has 11 heteroatoms. The largest absolute Gasteiger partial charge is 0.490 e. The molecule has 0 spiro atoms. The summed E-state index contributed by atoms with van der Waals surface area (Å²) in [5, 5.41) is 14.7. The van der Waals surface area contributed by atoms with Gasteiger partial charge in [-0.15, -0.1) is 0 Å². The number of unbranched alkanes of at least 4 members (excludes halogenated alkanes) is 1. The minimum atomic E-state index is -0.800. The third-order valence-corrected chi connectivity index (χ3v) is 5.65. The Bertz CT molecular complexity index is 1030. The van der Waals surface area contributed by atoms with Crippen LogP contribution < -0.4 is 14.8 Å². The first-order chi connectivity index (χ1) is 16.2. The molecule has 9 nitrogen and oxygen atoms in total. The van der Waals surface area contributed by atoms with E-state index in [1.807, 2.05) is 6.92 Å². The molecule has 1 N–H and O–H groups in total. The third kappa shape index (κ3) is 7.50. The van der Waals surface area contributed by atoms with Gasteiger partial charge in [-0.3, -0.25) is 19.7 Å². The number of nitrogens with one attached hydrogen (secondary N) is 1. The van der Waals surface area contributed by atoms with Crippen molar-refractivity contribution in [3.63, 3.8) is 0 Å². The number of ether oxygens (including phenoxy) is 2. The number of methoxy groups -OCH3 is 1. The lowest BCUT2D eigenvalue weighted by molar-refractivity contribution is -0.385. The summed E-state index contributed by atoms with van der Waals surface area (Å²) in [7, 11) is 1.30. The molecule has 2 amide bonds. The molecule has 2 aromatic carbocycles. The van der Waals surface area contributed by atoms with E-state index in [0.717, 1.165) is 12.8 Å². The number of halogens is 2. The fraction of sp³-hybridized carbons (Fsp3) is 0.391. The molecule has 0 saturated carbocycles. The Balaban J connectivity index is 2.20. The molecule has 0 bridgehead atoms. The minimum absolute atomic E-state index is 0.00317. The predicted molar refractivity (Wildman–Crippen MR) is 130 cm³/mol. The van der Waals surface area contributed by atoms with Crippen molar-refractivity contribution < 1.29 is 24.0 Å². The number of carbonyl (C=O) groups excluding carboxylic acids is 2. The monoisotopic (exact) mass is 511 g/mol. The zero-order valence-electron chi connectivity index (χ0n) is 19.2. The molecular formula is C23H27Cl2N3O6. The summed E-state index contributed by atoms with van der Waals surface area (Å²) in [6.45, 7) is 3.79. The fourth-order valence-corrected chi connectivity index (χ4v) is 3.55. The average Bonchev–Trinajstić information content (AvgIpc) is 2.81. The van der Waals surface area contributed by atoms with Crippen LogP contribution in [0.1, 0.15) is 32.3 Å². The number of hydrogen-bond acceptors (Lipinski definition) is 6. The Hall–Kier alpha value is -3.04. The number of amides is 2. The van der Waals surface area contributed by atoms with E-state index in [-0.39, 0.29) is 29.6 Å². The van der Waals surface area contributed by atoms with Crippen molar-refractivity contribution in [2.45, 2.75) is 39.3 Å². The van der Waals surface area contributed by atoms with E-state index in [4.69, 9.17) is 32.7 Å². The van der Waals surface area contributed by atoms with Crippen LogP contribution in [0.5, 0.6) is 11.5 Å². The average molecular weight is 512 g/mol. The van der Waals surface area contributed by atoms with Crippen molar-refractivity contribution >= 4 is 40.7 Å². The van der Waals surface area contributed by atoms with Crippen LogP contribution in [0.25, 0.3) is 0 Å². The zero-order chi connectivity index (χ0) is 25.3. The molecule has 184 valence electrons. The van der Waals surface area contributed by atoms with Gasteiger partial charge >= 0.3 is 5.69 Å². The van der Waals surface area contributed by atoms with Gasteiger partial charge in [-0.2, -0.15) is 0 Å². The Morgan fingerprint density at radius 3 is 2.56 bits per heavy atom. The van der Waals surface area contributed by atoms with Crippen LogP contribution >= 0.6 is 23.2 Å². The number of carbonyl (C=O) groups is 2. The highest BCUT2D eigenvalue weighted by molar-refractivity contribution is 6.35. The molecule has 1 atom stereocenters. The lowest BCUT2D eigenvalue weighted by Crippen LogP contribution is -2.49. The minimum Gasteiger partial charge on any atom is -0.490 e. The summed E-state index contributed by atoms with van der Waals surface area (Å²) in [6.07, 6.45) is 1.74. The summed E-state index contributed by atoms with van der Waals surface area (Å²) in [5.74, 6) is -0.561. The molecule has 0 aliphatic rings. The second kappa shape index (κ2) is 13.0. The first-order valence-corrected chi connectivity index (χ1v) is 11.4. The van der Waals surface area contributed by atoms with Crippen molar-refractivity contribution in [3.8, 4) is 11.5 Å². The number of nitrogens with zero attached hydrogens (tertiary/aromatic N) is 2. The second-order valence-electron chi connectivity index (χ2n) is 7.46. The SMILES string of the molecule is CCCCNC(=O)C(C)N(Cc1ccc(Cl)cc1Cl)C(=O)COc1ccc([N+](=O)[O-])c(OC)c1. The second-order valence-corrected chi connectivity index (χ2v) is 8.30. The summed E-state index contributed by atoms with van der Waals surface area (Å²) in [5.41, 5.74) is 0.391. The van der Waals surface area contributed by atoms with E-state index in [9.17, 15) is 19.7 Å². The first-order valence-electron chi connectivity index (χ1n) is 10.6. The maximum Gasteiger partial charge on any atom is 0.311 e. The molecule has 0 heterocycles. The van der Waals surface area contributed by atoms with E-state index in [2.05, 4.69) is 5.32 Å². The topological polar surface area (TPSA) is 111 Å². The van der Waals surface area contributed by atoms with E-state index >= 15 is 0 Å². The Kier molecular flexibility index (Phi) is 10.4. The molecule has 0 aliphatic heterocycles. The van der Waals surface area contributed by atoms with Crippen molar-refractivity contribution in [2.75, 3.05) is 20.3 Å². The molecule has 2 aromatic rings. The van der Waals surface area contributed by atoms with E-state index in [0.29, 0.717) is 22.2 Å². The number of rotatable bonds is 12. The Morgan fingerprint density at radius 1 is 1.21 bits per heavy atom. The number of nitro groups is 1. The Morgan fingerprint density at radius 2 is 1.94 bits per heavy atom. The highest BCUT2D eigenvalue weighted by Crippen LogP contribution is 2.31. The third-order valence-electron chi connectivity index (χ3n) is 5.06. The van der Waals surface area contributed by atoms with Gasteiger partial charge in [-0.1, -0.05) is 42.6 Å². The maximum atomic E-state index is 13.1. The molecule has 0 saturated heterocycles. The first kappa shape index (κ1) is 27.2. The van der Waals surface area contributed by atoms with Crippen LogP contribution in [0.15, 0.2) is 36.4 Å². The van der Waals surface area contributed by atoms with Crippen molar-refractivity contribution in [2.24, 2.45) is 0 Å². The fourth-order valence-electron chi connectivity index (χ4n) is 3.08. The quantitative estimate of drug-likeness (QED) is 0.252. The van der Waals surface area contributed by atoms with Gasteiger partial charge in [-0.05, 0) is 37.1 Å². The van der Waals surface area contributed by atoms with Crippen LogP contribution in [0.3, 0.4) is 0 Å². The van der Waals surface area contributed by atoms with Gasteiger partial charge in [0, 0.05) is 35.3 Å². The maximum absolute atomic E-state index is 13.1. The van der Waals surface area contributed by atoms with Crippen LogP contribution in [0, 0.1) is 10.1 Å². The van der Waals surface area contributed by atoms with Crippen molar-refractivity contribution in [3.05, 3.63) is 62.1 Å². The van der Waals surface area contributed by atoms with Gasteiger partial charge in [0.1, 0.15) is 11.8 Å². The molecule has 0 radical (unpaired) electrons. The van der Waals surface area contributed by atoms with E-state index < -0.39 is 23.5 Å². The van der Waals surface area contributed by atoms with Gasteiger partial charge in [0.25, 0.3) is 5.91 Å². The lowest BCUT2D eigenvalue weighted by atomic mass is 10.1. The van der Waals surface area contributed by atoms with Crippen LogP contribution in [-0.2, 0) is 16.1 Å². The number of benzene rings is 2. The molecule has 0 aromatic heterocycles. The summed E-state index contributed by atoms with van der Waals surface area (Å²) < 4.78 is 10.6. The van der Waals surface area contributed by atoms with Crippen LogP contribution in [-0.4, -0.2) is 47.9 Å². The normalized spacial score (nSPS) is 11.4. The highest BCUT2D eigenvalue weighted by Gasteiger charge is 2.27. The lowest BCUT2D eigenvalue weighted by Gasteiger charge is -2.29. The molecular weight excluding hydrogens is 485 g/mol. The smallest absolute Gasteiger partial charge is 0.311 e. The summed E-state index contributed by atoms with van der Waals surface area (Å²) >= 11 is 12.3. The standard InChI is InChI=1S/C23H27Cl2N3O6/c1-4-5-10-26-23(30)15(2)27(13-16-6-7-17(24)11-19(16)25)22(29)14-34-18-8-9-20(28(31)32)21(12-18)33-3/h6-9,11-12,15H,4-5,10,13-14H2,1-3H3,(H,26,30). The van der Waals surface area contributed by atoms with Crippen molar-refractivity contribution in [1.29, 1.82) is 0 Å². The van der Waals surface area contributed by atoms with Gasteiger partial charge in [-0.25, -0.2) is 0 Å². The van der Waals surface area contributed by atoms with Crippen molar-refractivity contribution in [1.82, 2.24) is 10.2 Å². The number of nitro benzene ring substituents is 1. The summed E-state index contributed by atoms with van der Waals surface area (Å²) in [6, 6.07) is 8.03. The van der Waals surface area contributed by atoms with Gasteiger partial charge in [0.2, 0.25) is 11.7 Å². The Labute approximate surface area is 208 Å². The van der Waals surface area contributed by atoms with Crippen LogP contribution in [0.4, 0.5) is 5.69 Å². The highest BCUT2D eigenvalue weighted by atomic mass is 35.5.